The van der Waals surface area contributed by atoms with Crippen molar-refractivity contribution in [2.75, 3.05) is 20.3 Å². The van der Waals surface area contributed by atoms with Gasteiger partial charge in [0, 0.05) is 11.1 Å². The highest BCUT2D eigenvalue weighted by Crippen LogP contribution is 2.48. The number of nitrogens with two attached hydrogens (primary N) is 1. The minimum Gasteiger partial charge on any atom is -0.493 e. The lowest BCUT2D eigenvalue weighted by molar-refractivity contribution is -0.143. The quantitative estimate of drug-likeness (QED) is 0.886. The maximum absolute atomic E-state index is 11.1. The van der Waals surface area contributed by atoms with E-state index >= 15 is 0 Å². The van der Waals surface area contributed by atoms with E-state index in [2.05, 4.69) is 0 Å². The third-order valence-corrected chi connectivity index (χ3v) is 4.64. The van der Waals surface area contributed by atoms with Crippen LogP contribution in [0.5, 0.6) is 17.2 Å². The zero-order valence-electron chi connectivity index (χ0n) is 12.6. The number of hydrogen-bond donors (Lipinski definition) is 2. The second kappa shape index (κ2) is 5.68. The number of carboxylic acid groups (broad SMARTS) is 1. The van der Waals surface area contributed by atoms with Gasteiger partial charge in [0.25, 0.3) is 0 Å². The summed E-state index contributed by atoms with van der Waals surface area (Å²) in [4.78, 5) is 11.1. The Morgan fingerprint density at radius 3 is 2.50 bits per heavy atom. The van der Waals surface area contributed by atoms with Crippen LogP contribution >= 0.6 is 0 Å². The molecule has 6 heteroatoms. The molecule has 0 radical (unpaired) electrons. The molecule has 2 aliphatic rings. The van der Waals surface area contributed by atoms with E-state index in [1.807, 2.05) is 12.1 Å². The first kappa shape index (κ1) is 15.0. The maximum atomic E-state index is 11.1. The molecule has 1 fully saturated rings. The van der Waals surface area contributed by atoms with Crippen LogP contribution in [0, 0.1) is 5.92 Å². The molecular formula is C16H21NO5. The molecule has 6 nitrogen and oxygen atoms in total. The Bertz CT molecular complexity index is 578. The smallest absolute Gasteiger partial charge is 0.306 e. The van der Waals surface area contributed by atoms with E-state index in [9.17, 15) is 4.79 Å². The van der Waals surface area contributed by atoms with Gasteiger partial charge in [0.2, 0.25) is 5.75 Å². The summed E-state index contributed by atoms with van der Waals surface area (Å²) in [6.45, 7) is 0.951. The molecule has 1 aromatic rings. The molecule has 0 amide bonds. The van der Waals surface area contributed by atoms with Gasteiger partial charge in [-0.3, -0.25) is 4.79 Å². The second-order valence-corrected chi connectivity index (χ2v) is 5.94. The van der Waals surface area contributed by atoms with Gasteiger partial charge in [0.05, 0.1) is 13.0 Å². The van der Waals surface area contributed by atoms with Crippen LogP contribution < -0.4 is 19.9 Å². The van der Waals surface area contributed by atoms with E-state index in [1.165, 1.54) is 0 Å². The van der Waals surface area contributed by atoms with Gasteiger partial charge in [-0.2, -0.15) is 0 Å². The number of aliphatic carboxylic acids is 1. The van der Waals surface area contributed by atoms with E-state index in [0.29, 0.717) is 56.1 Å². The number of carbonyl (C=O) groups is 1. The first-order chi connectivity index (χ1) is 10.5. The Kier molecular flexibility index (Phi) is 3.87. The average Bonchev–Trinajstić information content (AvgIpc) is 2.54. The van der Waals surface area contributed by atoms with Crippen LogP contribution in [0.1, 0.15) is 31.2 Å². The molecule has 0 aromatic heterocycles. The predicted octanol–water partition coefficient (Wildman–Crippen LogP) is 1.90. The third kappa shape index (κ3) is 2.47. The standard InChI is InChI=1S/C16H21NO5/c1-20-12-3-2-11(13-14(12)22-9-8-21-13)16(17)6-4-10(5-7-16)15(18)19/h2-3,10H,4-9,17H2,1H3,(H,18,19). The fourth-order valence-electron chi connectivity index (χ4n) is 3.31. The maximum Gasteiger partial charge on any atom is 0.306 e. The van der Waals surface area contributed by atoms with Crippen LogP contribution in [-0.2, 0) is 10.3 Å². The van der Waals surface area contributed by atoms with Crippen LogP contribution in [0.25, 0.3) is 0 Å². The monoisotopic (exact) mass is 307 g/mol. The third-order valence-electron chi connectivity index (χ3n) is 4.64. The van der Waals surface area contributed by atoms with E-state index in [0.717, 1.165) is 5.56 Å². The van der Waals surface area contributed by atoms with Crippen LogP contribution in [0.15, 0.2) is 12.1 Å². The van der Waals surface area contributed by atoms with Crippen molar-refractivity contribution < 1.29 is 24.1 Å². The van der Waals surface area contributed by atoms with Crippen LogP contribution in [0.4, 0.5) is 0 Å². The number of benzene rings is 1. The summed E-state index contributed by atoms with van der Waals surface area (Å²) in [5.41, 5.74) is 6.89. The zero-order valence-corrected chi connectivity index (χ0v) is 12.6. The molecule has 1 saturated carbocycles. The molecule has 3 rings (SSSR count). The zero-order chi connectivity index (χ0) is 15.7. The number of methoxy groups -OCH3 is 1. The van der Waals surface area contributed by atoms with Gasteiger partial charge in [-0.15, -0.1) is 0 Å². The largest absolute Gasteiger partial charge is 0.493 e. The molecule has 22 heavy (non-hydrogen) atoms. The highest BCUT2D eigenvalue weighted by Gasteiger charge is 2.39. The normalized spacial score (nSPS) is 27.3. The van der Waals surface area contributed by atoms with Crippen LogP contribution in [0.3, 0.4) is 0 Å². The first-order valence-corrected chi connectivity index (χ1v) is 7.54. The van der Waals surface area contributed by atoms with Crippen LogP contribution in [0.2, 0.25) is 0 Å². The lowest BCUT2D eigenvalue weighted by atomic mass is 9.73. The van der Waals surface area contributed by atoms with Gasteiger partial charge in [0.1, 0.15) is 13.2 Å². The molecule has 0 spiro atoms. The lowest BCUT2D eigenvalue weighted by Crippen LogP contribution is -2.42. The number of fused-ring (bicyclic) bond motifs is 1. The summed E-state index contributed by atoms with van der Waals surface area (Å²) in [7, 11) is 1.59. The number of hydrogen-bond acceptors (Lipinski definition) is 5. The minimum atomic E-state index is -0.738. The number of rotatable bonds is 3. The molecule has 1 aliphatic carbocycles. The van der Waals surface area contributed by atoms with Crippen molar-refractivity contribution in [2.24, 2.45) is 11.7 Å². The van der Waals surface area contributed by atoms with Gasteiger partial charge >= 0.3 is 5.97 Å². The summed E-state index contributed by atoms with van der Waals surface area (Å²) in [6, 6.07) is 3.74. The van der Waals surface area contributed by atoms with Gasteiger partial charge in [-0.25, -0.2) is 0 Å². The van der Waals surface area contributed by atoms with E-state index in [4.69, 9.17) is 25.1 Å². The summed E-state index contributed by atoms with van der Waals surface area (Å²) in [5, 5.41) is 9.14. The molecular weight excluding hydrogens is 286 g/mol. The number of carboxylic acids is 1. The Labute approximate surface area is 129 Å². The van der Waals surface area contributed by atoms with Crippen molar-refractivity contribution >= 4 is 5.97 Å². The molecule has 1 heterocycles. The molecule has 0 atom stereocenters. The summed E-state index contributed by atoms with van der Waals surface area (Å²) in [6.07, 6.45) is 2.39. The predicted molar refractivity (Wildman–Crippen MR) is 79.4 cm³/mol. The molecule has 1 aromatic carbocycles. The molecule has 0 saturated heterocycles. The van der Waals surface area contributed by atoms with Crippen molar-refractivity contribution in [1.82, 2.24) is 0 Å². The molecule has 3 N–H and O–H groups in total. The molecule has 0 unspecified atom stereocenters. The first-order valence-electron chi connectivity index (χ1n) is 7.54. The van der Waals surface area contributed by atoms with Gasteiger partial charge < -0.3 is 25.1 Å². The van der Waals surface area contributed by atoms with Crippen molar-refractivity contribution in [3.05, 3.63) is 17.7 Å². The summed E-state index contributed by atoms with van der Waals surface area (Å²) >= 11 is 0. The SMILES string of the molecule is COc1ccc(C2(N)CCC(C(=O)O)CC2)c2c1OCCO2. The highest BCUT2D eigenvalue weighted by atomic mass is 16.6. The highest BCUT2D eigenvalue weighted by molar-refractivity contribution is 5.70. The topological polar surface area (TPSA) is 91.0 Å². The van der Waals surface area contributed by atoms with E-state index < -0.39 is 11.5 Å². The minimum absolute atomic E-state index is 0.303. The fourth-order valence-corrected chi connectivity index (χ4v) is 3.31. The Hall–Kier alpha value is -1.95. The molecule has 120 valence electrons. The van der Waals surface area contributed by atoms with Gasteiger partial charge in [-0.1, -0.05) is 0 Å². The average molecular weight is 307 g/mol. The number of ether oxygens (including phenoxy) is 3. The fraction of sp³-hybridized carbons (Fsp3) is 0.562. The Morgan fingerprint density at radius 2 is 1.91 bits per heavy atom. The van der Waals surface area contributed by atoms with Crippen molar-refractivity contribution in [1.29, 1.82) is 0 Å². The molecule has 1 aliphatic heterocycles. The lowest BCUT2D eigenvalue weighted by Gasteiger charge is -2.38. The van der Waals surface area contributed by atoms with Crippen molar-refractivity contribution in [3.63, 3.8) is 0 Å². The second-order valence-electron chi connectivity index (χ2n) is 5.94. The van der Waals surface area contributed by atoms with Gasteiger partial charge in [-0.05, 0) is 37.8 Å². The Balaban J connectivity index is 1.93. The van der Waals surface area contributed by atoms with Crippen molar-refractivity contribution in [3.8, 4) is 17.2 Å². The van der Waals surface area contributed by atoms with Crippen LogP contribution in [-0.4, -0.2) is 31.4 Å². The van der Waals surface area contributed by atoms with E-state index in [-0.39, 0.29) is 5.92 Å². The summed E-state index contributed by atoms with van der Waals surface area (Å²) < 4.78 is 16.8. The summed E-state index contributed by atoms with van der Waals surface area (Å²) in [5.74, 6) is 0.820. The van der Waals surface area contributed by atoms with Gasteiger partial charge in [0.15, 0.2) is 11.5 Å². The molecule has 0 bridgehead atoms. The Morgan fingerprint density at radius 1 is 1.27 bits per heavy atom. The van der Waals surface area contributed by atoms with Crippen molar-refractivity contribution in [2.45, 2.75) is 31.2 Å². The van der Waals surface area contributed by atoms with E-state index in [1.54, 1.807) is 7.11 Å².